The first-order valence-electron chi connectivity index (χ1n) is 4.99. The SMILES string of the molecule is COCCCCSc1nnc(CN)n1C. The summed E-state index contributed by atoms with van der Waals surface area (Å²) in [4.78, 5) is 0. The highest BCUT2D eigenvalue weighted by Gasteiger charge is 2.06. The van der Waals surface area contributed by atoms with Crippen LogP contribution in [0.4, 0.5) is 0 Å². The van der Waals surface area contributed by atoms with Gasteiger partial charge in [-0.25, -0.2) is 0 Å². The zero-order valence-electron chi connectivity index (χ0n) is 9.27. The predicted octanol–water partition coefficient (Wildman–Crippen LogP) is 0.792. The van der Waals surface area contributed by atoms with Gasteiger partial charge in [-0.2, -0.15) is 0 Å². The fourth-order valence-corrected chi connectivity index (χ4v) is 2.09. The standard InChI is InChI=1S/C9H18N4OS/c1-13-8(7-10)11-12-9(13)15-6-4-3-5-14-2/h3-7,10H2,1-2H3. The first-order chi connectivity index (χ1) is 7.29. The summed E-state index contributed by atoms with van der Waals surface area (Å²) >= 11 is 1.71. The van der Waals surface area contributed by atoms with Crippen molar-refractivity contribution in [3.8, 4) is 0 Å². The van der Waals surface area contributed by atoms with Crippen LogP contribution in [0.3, 0.4) is 0 Å². The third-order valence-electron chi connectivity index (χ3n) is 2.08. The fourth-order valence-electron chi connectivity index (χ4n) is 1.16. The van der Waals surface area contributed by atoms with E-state index in [2.05, 4.69) is 10.2 Å². The molecular weight excluding hydrogens is 212 g/mol. The molecule has 5 nitrogen and oxygen atoms in total. The largest absolute Gasteiger partial charge is 0.385 e. The van der Waals surface area contributed by atoms with Gasteiger partial charge in [-0.3, -0.25) is 0 Å². The van der Waals surface area contributed by atoms with Gasteiger partial charge in [0.05, 0.1) is 6.54 Å². The van der Waals surface area contributed by atoms with E-state index in [1.54, 1.807) is 18.9 Å². The van der Waals surface area contributed by atoms with Crippen LogP contribution in [0.2, 0.25) is 0 Å². The average molecular weight is 230 g/mol. The summed E-state index contributed by atoms with van der Waals surface area (Å²) in [6.07, 6.45) is 2.22. The minimum Gasteiger partial charge on any atom is -0.385 e. The molecule has 0 radical (unpaired) electrons. The van der Waals surface area contributed by atoms with Crippen molar-refractivity contribution in [1.82, 2.24) is 14.8 Å². The van der Waals surface area contributed by atoms with Gasteiger partial charge >= 0.3 is 0 Å². The lowest BCUT2D eigenvalue weighted by Gasteiger charge is -2.02. The first-order valence-corrected chi connectivity index (χ1v) is 5.98. The van der Waals surface area contributed by atoms with Crippen molar-refractivity contribution in [3.63, 3.8) is 0 Å². The summed E-state index contributed by atoms with van der Waals surface area (Å²) in [6, 6.07) is 0. The molecule has 86 valence electrons. The zero-order valence-corrected chi connectivity index (χ0v) is 10.1. The molecule has 1 heterocycles. The van der Waals surface area contributed by atoms with E-state index in [0.717, 1.165) is 36.2 Å². The maximum atomic E-state index is 5.51. The van der Waals surface area contributed by atoms with Crippen LogP contribution in [-0.4, -0.2) is 34.2 Å². The molecule has 0 aliphatic heterocycles. The molecule has 0 bridgehead atoms. The fraction of sp³-hybridized carbons (Fsp3) is 0.778. The summed E-state index contributed by atoms with van der Waals surface area (Å²) < 4.78 is 6.93. The van der Waals surface area contributed by atoms with Gasteiger partial charge in [-0.15, -0.1) is 10.2 Å². The lowest BCUT2D eigenvalue weighted by molar-refractivity contribution is 0.194. The van der Waals surface area contributed by atoms with E-state index < -0.39 is 0 Å². The Kier molecular flexibility index (Phi) is 5.67. The van der Waals surface area contributed by atoms with E-state index in [0.29, 0.717) is 6.54 Å². The van der Waals surface area contributed by atoms with E-state index in [9.17, 15) is 0 Å². The number of unbranched alkanes of at least 4 members (excludes halogenated alkanes) is 1. The third-order valence-corrected chi connectivity index (χ3v) is 3.19. The Bertz CT molecular complexity index is 290. The van der Waals surface area contributed by atoms with Gasteiger partial charge in [0.25, 0.3) is 0 Å². The number of rotatable bonds is 7. The average Bonchev–Trinajstić information content (AvgIpc) is 2.60. The number of methoxy groups -OCH3 is 1. The van der Waals surface area contributed by atoms with Gasteiger partial charge in [0.1, 0.15) is 5.82 Å². The molecule has 15 heavy (non-hydrogen) atoms. The number of hydrogen-bond donors (Lipinski definition) is 1. The van der Waals surface area contributed by atoms with E-state index in [1.165, 1.54) is 0 Å². The highest BCUT2D eigenvalue weighted by Crippen LogP contribution is 2.16. The number of hydrogen-bond acceptors (Lipinski definition) is 5. The van der Waals surface area contributed by atoms with Crippen LogP contribution < -0.4 is 5.73 Å². The van der Waals surface area contributed by atoms with E-state index >= 15 is 0 Å². The molecule has 1 rings (SSSR count). The van der Waals surface area contributed by atoms with Gasteiger partial charge < -0.3 is 15.0 Å². The van der Waals surface area contributed by atoms with Crippen molar-refractivity contribution >= 4 is 11.8 Å². The van der Waals surface area contributed by atoms with Gasteiger partial charge in [-0.05, 0) is 12.8 Å². The van der Waals surface area contributed by atoms with Crippen LogP contribution in [0.15, 0.2) is 5.16 Å². The lowest BCUT2D eigenvalue weighted by Crippen LogP contribution is -2.05. The molecule has 0 aromatic carbocycles. The Morgan fingerprint density at radius 3 is 2.80 bits per heavy atom. The maximum Gasteiger partial charge on any atom is 0.190 e. The molecule has 6 heteroatoms. The number of nitrogens with two attached hydrogens (primary N) is 1. The smallest absolute Gasteiger partial charge is 0.190 e. The topological polar surface area (TPSA) is 66.0 Å². The summed E-state index contributed by atoms with van der Waals surface area (Å²) in [5.74, 6) is 1.87. The Labute approximate surface area is 94.4 Å². The molecule has 2 N–H and O–H groups in total. The van der Waals surface area contributed by atoms with Crippen LogP contribution in [0.5, 0.6) is 0 Å². The highest BCUT2D eigenvalue weighted by atomic mass is 32.2. The van der Waals surface area contributed by atoms with Gasteiger partial charge in [0.2, 0.25) is 0 Å². The Morgan fingerprint density at radius 2 is 2.20 bits per heavy atom. The van der Waals surface area contributed by atoms with Crippen LogP contribution in [0, 0.1) is 0 Å². The molecule has 0 aliphatic carbocycles. The summed E-state index contributed by atoms with van der Waals surface area (Å²) in [6.45, 7) is 1.27. The second kappa shape index (κ2) is 6.81. The van der Waals surface area contributed by atoms with Crippen molar-refractivity contribution in [2.45, 2.75) is 24.5 Å². The molecule has 0 atom stereocenters. The van der Waals surface area contributed by atoms with Crippen molar-refractivity contribution in [3.05, 3.63) is 5.82 Å². The van der Waals surface area contributed by atoms with Crippen LogP contribution in [-0.2, 0) is 18.3 Å². The summed E-state index contributed by atoms with van der Waals surface area (Å²) in [5, 5.41) is 9.00. The molecule has 0 amide bonds. The second-order valence-electron chi connectivity index (χ2n) is 3.21. The Balaban J connectivity index is 2.28. The van der Waals surface area contributed by atoms with Crippen molar-refractivity contribution in [2.75, 3.05) is 19.5 Å². The van der Waals surface area contributed by atoms with E-state index in [1.807, 2.05) is 11.6 Å². The minimum absolute atomic E-state index is 0.438. The highest BCUT2D eigenvalue weighted by molar-refractivity contribution is 7.99. The second-order valence-corrected chi connectivity index (χ2v) is 4.27. The van der Waals surface area contributed by atoms with Gasteiger partial charge in [0, 0.05) is 26.5 Å². The van der Waals surface area contributed by atoms with Crippen molar-refractivity contribution < 1.29 is 4.74 Å². The Morgan fingerprint density at radius 1 is 1.40 bits per heavy atom. The van der Waals surface area contributed by atoms with Crippen molar-refractivity contribution in [2.24, 2.45) is 12.8 Å². The molecule has 0 saturated heterocycles. The molecule has 0 fully saturated rings. The monoisotopic (exact) mass is 230 g/mol. The first kappa shape index (κ1) is 12.5. The normalized spacial score (nSPS) is 10.9. The molecule has 1 aromatic heterocycles. The Hall–Kier alpha value is -0.590. The molecule has 0 aliphatic rings. The zero-order chi connectivity index (χ0) is 11.1. The van der Waals surface area contributed by atoms with Crippen LogP contribution >= 0.6 is 11.8 Å². The van der Waals surface area contributed by atoms with E-state index in [4.69, 9.17) is 10.5 Å². The molecular formula is C9H18N4OS. The van der Waals surface area contributed by atoms with Crippen LogP contribution in [0.1, 0.15) is 18.7 Å². The molecule has 0 unspecified atom stereocenters. The molecule has 1 aromatic rings. The molecule has 0 spiro atoms. The van der Waals surface area contributed by atoms with Crippen molar-refractivity contribution in [1.29, 1.82) is 0 Å². The third kappa shape index (κ3) is 3.81. The van der Waals surface area contributed by atoms with Gasteiger partial charge in [0.15, 0.2) is 5.16 Å². The summed E-state index contributed by atoms with van der Waals surface area (Å²) in [7, 11) is 3.67. The predicted molar refractivity (Wildman–Crippen MR) is 60.7 cm³/mol. The number of ether oxygens (including phenoxy) is 1. The van der Waals surface area contributed by atoms with Gasteiger partial charge in [-0.1, -0.05) is 11.8 Å². The quantitative estimate of drug-likeness (QED) is 0.554. The lowest BCUT2D eigenvalue weighted by atomic mass is 10.4. The number of thioether (sulfide) groups is 1. The van der Waals surface area contributed by atoms with Crippen LogP contribution in [0.25, 0.3) is 0 Å². The van der Waals surface area contributed by atoms with E-state index in [-0.39, 0.29) is 0 Å². The summed E-state index contributed by atoms with van der Waals surface area (Å²) in [5.41, 5.74) is 5.51. The maximum absolute atomic E-state index is 5.51. The number of aromatic nitrogens is 3. The molecule has 0 saturated carbocycles. The number of nitrogens with zero attached hydrogens (tertiary/aromatic N) is 3. The minimum atomic E-state index is 0.438.